The molecule has 0 fully saturated rings. The predicted octanol–water partition coefficient (Wildman–Crippen LogP) is 5.99. The predicted molar refractivity (Wildman–Crippen MR) is 126 cm³/mol. The number of aromatic nitrogens is 4. The summed E-state index contributed by atoms with van der Waals surface area (Å²) in [7, 11) is 0. The summed E-state index contributed by atoms with van der Waals surface area (Å²) in [5, 5.41) is 11.7. The molecule has 0 saturated carbocycles. The third kappa shape index (κ3) is 4.05. The van der Waals surface area contributed by atoms with Crippen molar-refractivity contribution in [2.75, 3.05) is 0 Å². The Morgan fingerprint density at radius 3 is 2.19 bits per heavy atom. The lowest BCUT2D eigenvalue weighted by Crippen LogP contribution is -2.00. The Labute approximate surface area is 195 Å². The zero-order valence-electron chi connectivity index (χ0n) is 16.9. The van der Waals surface area contributed by atoms with Gasteiger partial charge in [-0.05, 0) is 17.2 Å². The second-order valence-corrected chi connectivity index (χ2v) is 8.18. The smallest absolute Gasteiger partial charge is 0.219 e. The van der Waals surface area contributed by atoms with E-state index in [1.54, 1.807) is 16.5 Å². The van der Waals surface area contributed by atoms with Crippen LogP contribution in [0.2, 0.25) is 10.3 Å². The van der Waals surface area contributed by atoms with Gasteiger partial charge >= 0.3 is 0 Å². The first kappa shape index (κ1) is 20.5. The van der Waals surface area contributed by atoms with Crippen molar-refractivity contribution in [1.29, 1.82) is 0 Å². The van der Waals surface area contributed by atoms with E-state index in [-0.39, 0.29) is 5.88 Å². The van der Waals surface area contributed by atoms with E-state index in [9.17, 15) is 5.11 Å². The van der Waals surface area contributed by atoms with Gasteiger partial charge in [0.1, 0.15) is 16.0 Å². The molecule has 5 nitrogen and oxygen atoms in total. The summed E-state index contributed by atoms with van der Waals surface area (Å²) in [6.45, 7) is 0. The third-order valence-electron chi connectivity index (χ3n) is 5.25. The summed E-state index contributed by atoms with van der Waals surface area (Å²) in [6.07, 6.45) is 2.72. The summed E-state index contributed by atoms with van der Waals surface area (Å²) in [5.74, 6) is 0.0555. The van der Waals surface area contributed by atoms with Gasteiger partial charge in [-0.3, -0.25) is 4.40 Å². The zero-order chi connectivity index (χ0) is 22.1. The number of pyridine rings is 1. The number of halogens is 2. The molecule has 1 N–H and O–H groups in total. The molecule has 0 spiro atoms. The van der Waals surface area contributed by atoms with E-state index in [0.717, 1.165) is 28.1 Å². The highest BCUT2D eigenvalue weighted by molar-refractivity contribution is 6.32. The maximum atomic E-state index is 11.0. The van der Waals surface area contributed by atoms with E-state index in [2.05, 4.69) is 17.1 Å². The van der Waals surface area contributed by atoms with Gasteiger partial charge in [-0.1, -0.05) is 89.9 Å². The Bertz CT molecular complexity index is 1400. The highest BCUT2D eigenvalue weighted by Crippen LogP contribution is 2.29. The maximum absolute atomic E-state index is 11.0. The number of fused-ring (bicyclic) bond motifs is 1. The van der Waals surface area contributed by atoms with Crippen LogP contribution in [0.5, 0.6) is 5.88 Å². The molecular weight excluding hydrogens is 443 g/mol. The van der Waals surface area contributed by atoms with Crippen LogP contribution in [0.25, 0.3) is 16.9 Å². The maximum Gasteiger partial charge on any atom is 0.219 e. The van der Waals surface area contributed by atoms with Crippen LogP contribution in [0, 0.1) is 0 Å². The SMILES string of the molecule is Oc1c(Cc2ccc(Cl)nc2Cl)nc2c(Cc3ccccc3)nc(-c3ccccc3)cn12. The average molecular weight is 461 g/mol. The van der Waals surface area contributed by atoms with Crippen LogP contribution in [0.3, 0.4) is 0 Å². The monoisotopic (exact) mass is 460 g/mol. The summed E-state index contributed by atoms with van der Waals surface area (Å²) in [6, 6.07) is 23.4. The van der Waals surface area contributed by atoms with Crippen molar-refractivity contribution in [2.24, 2.45) is 0 Å². The van der Waals surface area contributed by atoms with Crippen LogP contribution >= 0.6 is 23.2 Å². The second kappa shape index (κ2) is 8.61. The third-order valence-corrected chi connectivity index (χ3v) is 5.79. The minimum absolute atomic E-state index is 0.0555. The van der Waals surface area contributed by atoms with Crippen LogP contribution in [0.1, 0.15) is 22.5 Å². The first-order valence-electron chi connectivity index (χ1n) is 10.1. The van der Waals surface area contributed by atoms with Gasteiger partial charge in [0.05, 0.1) is 11.4 Å². The van der Waals surface area contributed by atoms with E-state index in [1.807, 2.05) is 54.7 Å². The van der Waals surface area contributed by atoms with Crippen molar-refractivity contribution in [2.45, 2.75) is 12.8 Å². The number of benzene rings is 2. The second-order valence-electron chi connectivity index (χ2n) is 7.44. The quantitative estimate of drug-likeness (QED) is 0.327. The van der Waals surface area contributed by atoms with Gasteiger partial charge in [0.2, 0.25) is 5.88 Å². The largest absolute Gasteiger partial charge is 0.493 e. The first-order valence-corrected chi connectivity index (χ1v) is 10.8. The number of nitrogens with zero attached hydrogens (tertiary/aromatic N) is 4. The average Bonchev–Trinajstić information content (AvgIpc) is 3.13. The number of imidazole rings is 1. The Hall–Kier alpha value is -3.41. The molecule has 0 amide bonds. The van der Waals surface area contributed by atoms with Crippen molar-refractivity contribution in [3.63, 3.8) is 0 Å². The van der Waals surface area contributed by atoms with Gasteiger partial charge in [0.25, 0.3) is 0 Å². The first-order chi connectivity index (χ1) is 15.6. The molecule has 5 rings (SSSR count). The van der Waals surface area contributed by atoms with Crippen molar-refractivity contribution in [3.05, 3.63) is 112 Å². The minimum Gasteiger partial charge on any atom is -0.493 e. The Balaban J connectivity index is 1.65. The molecule has 0 unspecified atom stereocenters. The van der Waals surface area contributed by atoms with Crippen LogP contribution in [0.15, 0.2) is 79.0 Å². The van der Waals surface area contributed by atoms with Crippen LogP contribution in [-0.4, -0.2) is 24.5 Å². The van der Waals surface area contributed by atoms with Gasteiger partial charge in [-0.15, -0.1) is 0 Å². The van der Waals surface area contributed by atoms with E-state index >= 15 is 0 Å². The molecule has 0 saturated heterocycles. The van der Waals surface area contributed by atoms with Crippen molar-refractivity contribution < 1.29 is 5.11 Å². The molecule has 0 bridgehead atoms. The summed E-state index contributed by atoms with van der Waals surface area (Å²) >= 11 is 12.2. The van der Waals surface area contributed by atoms with Gasteiger partial charge in [-0.25, -0.2) is 15.0 Å². The topological polar surface area (TPSA) is 63.3 Å². The Morgan fingerprint density at radius 1 is 0.750 bits per heavy atom. The van der Waals surface area contributed by atoms with Gasteiger partial charge in [0.15, 0.2) is 5.65 Å². The van der Waals surface area contributed by atoms with E-state index in [1.165, 1.54) is 0 Å². The van der Waals surface area contributed by atoms with Crippen LogP contribution in [0.4, 0.5) is 0 Å². The van der Waals surface area contributed by atoms with Crippen molar-refractivity contribution in [1.82, 2.24) is 19.4 Å². The van der Waals surface area contributed by atoms with Crippen molar-refractivity contribution >= 4 is 28.8 Å². The van der Waals surface area contributed by atoms with Crippen molar-refractivity contribution in [3.8, 4) is 17.1 Å². The molecule has 158 valence electrons. The molecule has 0 aliphatic heterocycles. The molecule has 2 aromatic carbocycles. The molecule has 32 heavy (non-hydrogen) atoms. The highest BCUT2D eigenvalue weighted by Gasteiger charge is 2.19. The summed E-state index contributed by atoms with van der Waals surface area (Å²) < 4.78 is 1.69. The van der Waals surface area contributed by atoms with Gasteiger partial charge < -0.3 is 5.11 Å². The summed E-state index contributed by atoms with van der Waals surface area (Å²) in [4.78, 5) is 13.7. The van der Waals surface area contributed by atoms with Crippen LogP contribution in [-0.2, 0) is 12.8 Å². The van der Waals surface area contributed by atoms with Gasteiger partial charge in [0, 0.05) is 24.6 Å². The number of hydrogen-bond donors (Lipinski definition) is 1. The fourth-order valence-corrected chi connectivity index (χ4v) is 4.08. The lowest BCUT2D eigenvalue weighted by atomic mass is 10.1. The molecule has 3 aromatic heterocycles. The molecule has 3 heterocycles. The molecule has 5 aromatic rings. The standard InChI is InChI=1S/C25H18Cl2N4O/c26-22-12-11-18(23(27)30-22)14-20-25(32)31-15-21(17-9-5-2-6-10-17)28-19(24(31)29-20)13-16-7-3-1-4-8-16/h1-12,15,32H,13-14H2. The lowest BCUT2D eigenvalue weighted by molar-refractivity contribution is 0.442. The number of rotatable bonds is 5. The molecule has 0 atom stereocenters. The fourth-order valence-electron chi connectivity index (χ4n) is 3.67. The number of aromatic hydroxyl groups is 1. The highest BCUT2D eigenvalue weighted by atomic mass is 35.5. The fraction of sp³-hybridized carbons (Fsp3) is 0.0800. The number of hydrogen-bond acceptors (Lipinski definition) is 4. The molecular formula is C25H18Cl2N4O. The normalized spacial score (nSPS) is 11.2. The van der Waals surface area contributed by atoms with Gasteiger partial charge in [-0.2, -0.15) is 0 Å². The van der Waals surface area contributed by atoms with E-state index in [4.69, 9.17) is 33.2 Å². The Kier molecular flexibility index (Phi) is 5.52. The zero-order valence-corrected chi connectivity index (χ0v) is 18.4. The minimum atomic E-state index is 0.0555. The Morgan fingerprint density at radius 2 is 1.47 bits per heavy atom. The molecule has 0 aliphatic rings. The molecule has 0 radical (unpaired) electrons. The van der Waals surface area contributed by atoms with E-state index in [0.29, 0.717) is 34.5 Å². The summed E-state index contributed by atoms with van der Waals surface area (Å²) in [5.41, 5.74) is 5.45. The molecule has 7 heteroatoms. The van der Waals surface area contributed by atoms with Crippen LogP contribution < -0.4 is 0 Å². The lowest BCUT2D eigenvalue weighted by Gasteiger charge is -2.08. The van der Waals surface area contributed by atoms with E-state index < -0.39 is 0 Å². The molecule has 0 aliphatic carbocycles.